The molecule has 0 aromatic heterocycles. The molecular formula is C16H33N. The maximum absolute atomic E-state index is 3.52. The Morgan fingerprint density at radius 2 is 1.71 bits per heavy atom. The largest absolute Gasteiger partial charge is 0.315 e. The normalized spacial score (nSPS) is 28.1. The third-order valence-corrected chi connectivity index (χ3v) is 4.63. The van der Waals surface area contributed by atoms with E-state index in [4.69, 9.17) is 0 Å². The fourth-order valence-corrected chi connectivity index (χ4v) is 3.25. The standard InChI is InChI=1S/C16H33N/c1-6-17-13(2)7-8-14-9-11-15(12-10-14)16(3,4)5/h13-15,17H,6-12H2,1-5H3. The minimum atomic E-state index is 0.530. The Kier molecular flexibility index (Phi) is 5.99. The van der Waals surface area contributed by atoms with Crippen LogP contribution in [0.1, 0.15) is 73.1 Å². The van der Waals surface area contributed by atoms with Crippen LogP contribution in [0, 0.1) is 17.3 Å². The highest BCUT2D eigenvalue weighted by Crippen LogP contribution is 2.40. The zero-order valence-corrected chi connectivity index (χ0v) is 12.7. The van der Waals surface area contributed by atoms with E-state index in [0.717, 1.165) is 18.4 Å². The van der Waals surface area contributed by atoms with Gasteiger partial charge in [-0.25, -0.2) is 0 Å². The second-order valence-electron chi connectivity index (χ2n) is 7.12. The van der Waals surface area contributed by atoms with Gasteiger partial charge in [0.15, 0.2) is 0 Å². The van der Waals surface area contributed by atoms with Crippen molar-refractivity contribution in [2.24, 2.45) is 17.3 Å². The van der Waals surface area contributed by atoms with E-state index in [0.29, 0.717) is 11.5 Å². The molecule has 0 spiro atoms. The molecule has 0 radical (unpaired) electrons. The molecule has 1 aliphatic rings. The zero-order chi connectivity index (χ0) is 12.9. The molecule has 1 aliphatic carbocycles. The lowest BCUT2D eigenvalue weighted by atomic mass is 9.69. The molecule has 1 atom stereocenters. The topological polar surface area (TPSA) is 12.0 Å². The van der Waals surface area contributed by atoms with E-state index in [1.54, 1.807) is 0 Å². The number of hydrogen-bond acceptors (Lipinski definition) is 1. The highest BCUT2D eigenvalue weighted by molar-refractivity contribution is 4.81. The Morgan fingerprint density at radius 1 is 1.12 bits per heavy atom. The van der Waals surface area contributed by atoms with Gasteiger partial charge in [-0.3, -0.25) is 0 Å². The second-order valence-corrected chi connectivity index (χ2v) is 7.12. The van der Waals surface area contributed by atoms with Gasteiger partial charge in [-0.1, -0.05) is 40.5 Å². The first-order valence-corrected chi connectivity index (χ1v) is 7.66. The minimum absolute atomic E-state index is 0.530. The molecule has 0 amide bonds. The van der Waals surface area contributed by atoms with E-state index in [9.17, 15) is 0 Å². The van der Waals surface area contributed by atoms with Crippen LogP contribution in [0.3, 0.4) is 0 Å². The minimum Gasteiger partial charge on any atom is -0.315 e. The highest BCUT2D eigenvalue weighted by atomic mass is 14.9. The summed E-state index contributed by atoms with van der Waals surface area (Å²) in [6.07, 6.45) is 8.67. The molecule has 1 rings (SSSR count). The van der Waals surface area contributed by atoms with Crippen molar-refractivity contribution in [2.45, 2.75) is 79.2 Å². The summed E-state index contributed by atoms with van der Waals surface area (Å²) in [6.45, 7) is 12.9. The third kappa shape index (κ3) is 5.42. The fourth-order valence-electron chi connectivity index (χ4n) is 3.25. The van der Waals surface area contributed by atoms with E-state index in [2.05, 4.69) is 39.9 Å². The van der Waals surface area contributed by atoms with Crippen LogP contribution in [0.15, 0.2) is 0 Å². The molecule has 0 heterocycles. The van der Waals surface area contributed by atoms with E-state index in [-0.39, 0.29) is 0 Å². The molecule has 0 saturated heterocycles. The van der Waals surface area contributed by atoms with Gasteiger partial charge in [-0.15, -0.1) is 0 Å². The van der Waals surface area contributed by atoms with E-state index < -0.39 is 0 Å². The lowest BCUT2D eigenvalue weighted by Crippen LogP contribution is -2.28. The smallest absolute Gasteiger partial charge is 0.00387 e. The van der Waals surface area contributed by atoms with Crippen molar-refractivity contribution in [1.29, 1.82) is 0 Å². The first kappa shape index (κ1) is 15.0. The van der Waals surface area contributed by atoms with Crippen LogP contribution in [0.2, 0.25) is 0 Å². The van der Waals surface area contributed by atoms with Crippen LogP contribution >= 0.6 is 0 Å². The first-order chi connectivity index (χ1) is 7.93. The van der Waals surface area contributed by atoms with Crippen LogP contribution in [-0.2, 0) is 0 Å². The van der Waals surface area contributed by atoms with Crippen LogP contribution in [0.4, 0.5) is 0 Å². The van der Waals surface area contributed by atoms with Crippen LogP contribution in [-0.4, -0.2) is 12.6 Å². The number of hydrogen-bond donors (Lipinski definition) is 1. The molecule has 0 bridgehead atoms. The first-order valence-electron chi connectivity index (χ1n) is 7.66. The predicted octanol–water partition coefficient (Wildman–Crippen LogP) is 4.62. The summed E-state index contributed by atoms with van der Waals surface area (Å²) in [5.41, 5.74) is 0.530. The van der Waals surface area contributed by atoms with Crippen molar-refractivity contribution in [3.63, 3.8) is 0 Å². The summed E-state index contributed by atoms with van der Waals surface area (Å²) >= 11 is 0. The van der Waals surface area contributed by atoms with Gasteiger partial charge in [-0.2, -0.15) is 0 Å². The average molecular weight is 239 g/mol. The molecule has 1 heteroatoms. The molecule has 0 aromatic rings. The van der Waals surface area contributed by atoms with Gasteiger partial charge in [-0.05, 0) is 56.4 Å². The van der Waals surface area contributed by atoms with Crippen LogP contribution < -0.4 is 5.32 Å². The van der Waals surface area contributed by atoms with E-state index >= 15 is 0 Å². The highest BCUT2D eigenvalue weighted by Gasteiger charge is 2.29. The molecule has 0 aromatic carbocycles. The van der Waals surface area contributed by atoms with Gasteiger partial charge >= 0.3 is 0 Å². The summed E-state index contributed by atoms with van der Waals surface area (Å²) in [4.78, 5) is 0. The van der Waals surface area contributed by atoms with Gasteiger partial charge in [0.1, 0.15) is 0 Å². The molecule has 1 saturated carbocycles. The van der Waals surface area contributed by atoms with Gasteiger partial charge < -0.3 is 5.32 Å². The molecule has 17 heavy (non-hydrogen) atoms. The van der Waals surface area contributed by atoms with E-state index in [1.807, 2.05) is 0 Å². The van der Waals surface area contributed by atoms with Crippen molar-refractivity contribution >= 4 is 0 Å². The zero-order valence-electron chi connectivity index (χ0n) is 12.7. The summed E-state index contributed by atoms with van der Waals surface area (Å²) in [7, 11) is 0. The maximum Gasteiger partial charge on any atom is 0.00387 e. The van der Waals surface area contributed by atoms with Crippen molar-refractivity contribution in [3.8, 4) is 0 Å². The Balaban J connectivity index is 2.19. The Labute approximate surface area is 109 Å². The Morgan fingerprint density at radius 3 is 2.18 bits per heavy atom. The molecule has 1 fully saturated rings. The van der Waals surface area contributed by atoms with Crippen molar-refractivity contribution in [1.82, 2.24) is 5.32 Å². The van der Waals surface area contributed by atoms with Crippen molar-refractivity contribution < 1.29 is 0 Å². The van der Waals surface area contributed by atoms with Gasteiger partial charge in [0.2, 0.25) is 0 Å². The summed E-state index contributed by atoms with van der Waals surface area (Å²) in [5.74, 6) is 1.97. The third-order valence-electron chi connectivity index (χ3n) is 4.63. The van der Waals surface area contributed by atoms with Crippen molar-refractivity contribution in [3.05, 3.63) is 0 Å². The Hall–Kier alpha value is -0.0400. The van der Waals surface area contributed by atoms with Gasteiger partial charge in [0.25, 0.3) is 0 Å². The van der Waals surface area contributed by atoms with E-state index in [1.165, 1.54) is 38.5 Å². The predicted molar refractivity (Wildman–Crippen MR) is 77.3 cm³/mol. The maximum atomic E-state index is 3.52. The molecule has 1 unspecified atom stereocenters. The SMILES string of the molecule is CCNC(C)CCC1CCC(C(C)(C)C)CC1. The average Bonchev–Trinajstić information content (AvgIpc) is 2.26. The molecular weight excluding hydrogens is 206 g/mol. The molecule has 0 aliphatic heterocycles. The second kappa shape index (κ2) is 6.78. The van der Waals surface area contributed by atoms with Gasteiger partial charge in [0, 0.05) is 6.04 Å². The Bertz CT molecular complexity index is 196. The van der Waals surface area contributed by atoms with Crippen molar-refractivity contribution in [2.75, 3.05) is 6.54 Å². The molecule has 1 nitrogen and oxygen atoms in total. The molecule has 1 N–H and O–H groups in total. The summed E-state index contributed by atoms with van der Waals surface area (Å²) < 4.78 is 0. The van der Waals surface area contributed by atoms with Crippen LogP contribution in [0.25, 0.3) is 0 Å². The summed E-state index contributed by atoms with van der Waals surface area (Å²) in [6, 6.07) is 0.709. The quantitative estimate of drug-likeness (QED) is 0.738. The monoisotopic (exact) mass is 239 g/mol. The summed E-state index contributed by atoms with van der Waals surface area (Å²) in [5, 5.41) is 3.52. The van der Waals surface area contributed by atoms with Crippen LogP contribution in [0.5, 0.6) is 0 Å². The number of rotatable bonds is 5. The number of nitrogens with one attached hydrogen (secondary N) is 1. The fraction of sp³-hybridized carbons (Fsp3) is 1.00. The molecule has 102 valence electrons. The lowest BCUT2D eigenvalue weighted by Gasteiger charge is -2.37. The van der Waals surface area contributed by atoms with Gasteiger partial charge in [0.05, 0.1) is 0 Å². The lowest BCUT2D eigenvalue weighted by molar-refractivity contribution is 0.144.